The number of hydroxylamine groups is 4. The van der Waals surface area contributed by atoms with Crippen molar-refractivity contribution in [1.29, 1.82) is 0 Å². The molecule has 123 heavy (non-hydrogen) atoms. The molecular formula is C74H99Br3Cl3F22N7O14. The lowest BCUT2D eigenvalue weighted by atomic mass is 9.88. The van der Waals surface area contributed by atoms with Gasteiger partial charge in [0.15, 0.2) is 34.6 Å². The highest BCUT2D eigenvalue weighted by Crippen LogP contribution is 2.38. The van der Waals surface area contributed by atoms with Gasteiger partial charge in [0.2, 0.25) is 0 Å². The van der Waals surface area contributed by atoms with Crippen LogP contribution in [0.15, 0.2) is 98.3 Å². The maximum absolute atomic E-state index is 12.9. The number of para-hydroxylation sites is 1. The molecule has 0 saturated carbocycles. The van der Waals surface area contributed by atoms with Crippen LogP contribution in [0.3, 0.4) is 0 Å². The topological polar surface area (TPSA) is 306 Å². The lowest BCUT2D eigenvalue weighted by Crippen LogP contribution is -2.55. The Morgan fingerprint density at radius 3 is 1.08 bits per heavy atom. The molecule has 5 amide bonds. The normalized spacial score (nSPS) is 12.3. The van der Waals surface area contributed by atoms with Gasteiger partial charge in [-0.05, 0) is 155 Å². The largest absolute Gasteiger partial charge is 0.481 e. The van der Waals surface area contributed by atoms with E-state index in [1.807, 2.05) is 12.4 Å². The molecule has 1 aliphatic heterocycles. The second-order valence-electron chi connectivity index (χ2n) is 28.1. The number of rotatable bonds is 21. The first kappa shape index (κ1) is 124. The SMILES string of the molecule is C1CCOC1.CC(C)(C)C(=O)CCC(F)(F)F.CC(C)(C)C(=O)O.CC(C)(N)C(=O)CCC(F)(F)F.CC(C)(NC(=O)NOc1cc(Br)cc(C(F)(F)F)c1)C(=O)CCC(F)(F)F.CCN.CCN(Oc1cc(Br)cc(C(F)(F)F)c1)C(=O)NC(C)(C)C(=O)CCC(F)(F)F.Cl.ClCCl.O=C(NOc1cc(Br)cc(C(F)(F)F)c1)Oc1ccccc1.[2H]CF. The number of hydrogen-bond acceptors (Lipinski definition) is 15. The van der Waals surface area contributed by atoms with Crippen LogP contribution >= 0.6 is 83.4 Å². The molecule has 0 unspecified atom stereocenters. The number of carbonyl (C=O) groups is 8. The molecule has 4 aromatic carbocycles. The number of carbonyl (C=O) groups excluding carboxylic acids is 7. The number of nitrogens with zero attached hydrogens (tertiary/aromatic N) is 1. The quantitative estimate of drug-likeness (QED) is 0.0232. The van der Waals surface area contributed by atoms with Crippen molar-refractivity contribution in [3.8, 4) is 23.0 Å². The molecule has 1 heterocycles. The first-order chi connectivity index (χ1) is 55.4. The molecule has 0 spiro atoms. The monoisotopic (exact) mass is 2070 g/mol. The number of alkyl halides is 24. The number of carboxylic acids is 1. The lowest BCUT2D eigenvalue weighted by Gasteiger charge is -2.29. The van der Waals surface area contributed by atoms with Gasteiger partial charge in [0.1, 0.15) is 11.5 Å². The first-order valence-electron chi connectivity index (χ1n) is 35.7. The number of ether oxygens (including phenoxy) is 2. The van der Waals surface area contributed by atoms with E-state index in [0.717, 1.165) is 50.1 Å². The third-order valence-corrected chi connectivity index (χ3v) is 15.0. The summed E-state index contributed by atoms with van der Waals surface area (Å²) in [6.45, 7) is 23.4. The first-order valence-corrected chi connectivity index (χ1v) is 38.4. The Morgan fingerprint density at radius 1 is 0.496 bits per heavy atom. The molecule has 0 aromatic heterocycles. The van der Waals surface area contributed by atoms with Crippen molar-refractivity contribution in [2.24, 2.45) is 22.3 Å². The number of benzene rings is 4. The smallest absolute Gasteiger partial charge is 0.446 e. The summed E-state index contributed by atoms with van der Waals surface area (Å²) in [4.78, 5) is 106. The van der Waals surface area contributed by atoms with Gasteiger partial charge in [-0.2, -0.15) is 108 Å². The highest BCUT2D eigenvalue weighted by atomic mass is 79.9. The van der Waals surface area contributed by atoms with Crippen molar-refractivity contribution in [2.45, 2.75) is 221 Å². The number of aliphatic carboxylic acids is 1. The summed E-state index contributed by atoms with van der Waals surface area (Å²) < 4.78 is 284. The third-order valence-electron chi connectivity index (χ3n) is 13.6. The molecule has 21 nitrogen and oxygen atoms in total. The van der Waals surface area contributed by atoms with E-state index < -0.39 is 187 Å². The second kappa shape index (κ2) is 58.3. The molecule has 0 atom stereocenters. The Kier molecular flexibility index (Phi) is 59.0. The summed E-state index contributed by atoms with van der Waals surface area (Å²) in [5.74, 6) is -3.98. The zero-order valence-electron chi connectivity index (χ0n) is 69.4. The Balaban J connectivity index is -0.000000339. The summed E-state index contributed by atoms with van der Waals surface area (Å²) in [7, 11) is -1.00. The molecule has 1 saturated heterocycles. The number of amides is 5. The van der Waals surface area contributed by atoms with Crippen LogP contribution in [0.5, 0.6) is 23.0 Å². The van der Waals surface area contributed by atoms with E-state index in [1.54, 1.807) is 77.4 Å². The van der Waals surface area contributed by atoms with Gasteiger partial charge in [-0.3, -0.25) is 28.4 Å². The molecule has 1 fully saturated rings. The molecule has 9 N–H and O–H groups in total. The second-order valence-corrected chi connectivity index (χ2v) is 31.6. The summed E-state index contributed by atoms with van der Waals surface area (Å²) in [6, 6.07) is 14.2. The highest BCUT2D eigenvalue weighted by molar-refractivity contribution is 9.11. The van der Waals surface area contributed by atoms with E-state index in [0.29, 0.717) is 17.2 Å². The number of urea groups is 2. The van der Waals surface area contributed by atoms with E-state index in [4.69, 9.17) is 65.1 Å². The lowest BCUT2D eigenvalue weighted by molar-refractivity contribution is -0.146. The summed E-state index contributed by atoms with van der Waals surface area (Å²) in [5.41, 5.74) is 5.17. The summed E-state index contributed by atoms with van der Waals surface area (Å²) >= 11 is 18.3. The van der Waals surface area contributed by atoms with Gasteiger partial charge in [0, 0.05) is 57.7 Å². The fraction of sp³-hybridized carbons (Fsp3) is 0.568. The average Bonchev–Trinajstić information content (AvgIpc) is 0.874. The van der Waals surface area contributed by atoms with Crippen LogP contribution < -0.4 is 52.3 Å². The third kappa shape index (κ3) is 66.9. The van der Waals surface area contributed by atoms with E-state index in [1.165, 1.54) is 73.4 Å². The van der Waals surface area contributed by atoms with Crippen LogP contribution in [-0.2, 0) is 47.2 Å². The van der Waals surface area contributed by atoms with E-state index in [2.05, 4.69) is 58.4 Å². The predicted octanol–water partition coefficient (Wildman–Crippen LogP) is 23.7. The molecule has 0 bridgehead atoms. The number of halogens is 28. The Morgan fingerprint density at radius 2 is 0.797 bits per heavy atom. The summed E-state index contributed by atoms with van der Waals surface area (Å²) in [6.07, 6.45) is -37.1. The molecule has 710 valence electrons. The van der Waals surface area contributed by atoms with E-state index in [-0.39, 0.29) is 66.5 Å². The van der Waals surface area contributed by atoms with Gasteiger partial charge in [-0.25, -0.2) is 14.4 Å². The molecule has 5 rings (SSSR count). The zero-order chi connectivity index (χ0) is 97.5. The number of Topliss-reactive ketones (excluding diaryl/α,β-unsaturated/α-hetero) is 4. The van der Waals surface area contributed by atoms with Crippen LogP contribution in [0.4, 0.5) is 111 Å². The van der Waals surface area contributed by atoms with Gasteiger partial charge >= 0.3 is 67.4 Å². The van der Waals surface area contributed by atoms with Gasteiger partial charge in [0.05, 0.1) is 84.8 Å². The number of hydrogen-bond donors (Lipinski definition) is 7. The van der Waals surface area contributed by atoms with Crippen LogP contribution in [-0.4, -0.2) is 138 Å². The molecular weight excluding hydrogens is 1970 g/mol. The van der Waals surface area contributed by atoms with Gasteiger partial charge < -0.3 is 51.2 Å². The van der Waals surface area contributed by atoms with Gasteiger partial charge in [0.25, 0.3) is 0 Å². The summed E-state index contributed by atoms with van der Waals surface area (Å²) in [5, 5.41) is 13.4. The molecule has 0 aliphatic carbocycles. The Bertz CT molecular complexity index is 3760. The molecule has 0 radical (unpaired) electrons. The maximum atomic E-state index is 12.9. The van der Waals surface area contributed by atoms with Crippen LogP contribution in [0.2, 0.25) is 0 Å². The van der Waals surface area contributed by atoms with Gasteiger partial charge in [-0.1, -0.05) is 93.7 Å². The fourth-order valence-corrected chi connectivity index (χ4v) is 8.60. The van der Waals surface area contributed by atoms with Crippen molar-refractivity contribution in [2.75, 3.05) is 38.8 Å². The molecule has 4 aromatic rings. The number of nitrogens with two attached hydrogens (primary N) is 2. The minimum absolute atomic E-state index is 0. The van der Waals surface area contributed by atoms with Crippen molar-refractivity contribution in [3.63, 3.8) is 0 Å². The van der Waals surface area contributed by atoms with Gasteiger partial charge in [-0.15, -0.1) is 35.6 Å². The van der Waals surface area contributed by atoms with Crippen molar-refractivity contribution >= 4 is 131 Å². The van der Waals surface area contributed by atoms with Crippen molar-refractivity contribution < 1.29 is 165 Å². The van der Waals surface area contributed by atoms with Crippen molar-refractivity contribution in [3.05, 3.63) is 115 Å². The highest BCUT2D eigenvalue weighted by Gasteiger charge is 2.40. The minimum Gasteiger partial charge on any atom is -0.481 e. The van der Waals surface area contributed by atoms with E-state index >= 15 is 0 Å². The standard InChI is InChI=1S/C17H19BrF6N2O3.C15H15BrF6N2O3.C14H9BrF3NO3.C8H13F3O.C7H12F3NO.C5H10O2.C4H8O.C2H7N.CH2Cl2.CH3F.ClH/c1-4-26(29-12-8-10(17(22,23)24)7-11(18)9-12)14(28)25-15(2,3)13(27)5-6-16(19,20)21;1-13(2,11(25)3-4-14(17,18)19)23-12(26)24-27-10-6-8(15(20,21)22)5-9(16)7-10;15-10-6-9(14(16,17)18)7-12(8-10)22-19-13(20)21-11-4-2-1-3-5-11;1-7(2,3)6(12)4-5-8(9,10)11;1-6(2,11)5(12)3-4-7(8,9)10;1-5(2,3)4(6)7;1-2-4-5-3-1;1-2-3;2-1-3;1-2;/h7-9H,4-6H2,1-3H3,(H,25,28);5-7H,3-4H2,1-2H3,(H2,23,24,26);1-8H,(H,19,20);4-5H2,1-3H3;3-4,11H2,1-2H3;1-3H3,(H,6,7);1-4H2;2-3H2,1H3;1H2;1H3;1H/i;;;;;;;;;1D;. The Hall–Kier alpha value is -7.11. The predicted molar refractivity (Wildman–Crippen MR) is 427 cm³/mol. The fourth-order valence-electron chi connectivity index (χ4n) is 7.18. The zero-order valence-corrected chi connectivity index (χ0v) is 75.5. The molecule has 1 aliphatic rings. The van der Waals surface area contributed by atoms with Crippen LogP contribution in [0.1, 0.15) is 179 Å². The van der Waals surface area contributed by atoms with Crippen LogP contribution in [0.25, 0.3) is 0 Å². The Labute approximate surface area is 738 Å². The number of ketones is 4. The number of carboxylic acid groups (broad SMARTS) is 1. The van der Waals surface area contributed by atoms with E-state index in [9.17, 15) is 135 Å². The van der Waals surface area contributed by atoms with Crippen molar-refractivity contribution in [1.82, 2.24) is 26.7 Å². The molecule has 49 heteroatoms. The van der Waals surface area contributed by atoms with Crippen LogP contribution in [0, 0.1) is 10.8 Å². The average molecular weight is 2080 g/mol. The maximum Gasteiger partial charge on any atom is 0.446 e. The minimum atomic E-state index is -4.64. The number of nitrogens with one attached hydrogen (secondary N) is 4.